The van der Waals surface area contributed by atoms with E-state index in [1.165, 1.54) is 0 Å². The van der Waals surface area contributed by atoms with Gasteiger partial charge in [-0.2, -0.15) is 0 Å². The Morgan fingerprint density at radius 3 is 1.93 bits per heavy atom. The van der Waals surface area contributed by atoms with Crippen LogP contribution in [0.3, 0.4) is 0 Å². The summed E-state index contributed by atoms with van der Waals surface area (Å²) in [7, 11) is 7.42. The van der Waals surface area contributed by atoms with Crippen molar-refractivity contribution in [2.75, 3.05) is 34.9 Å². The molecule has 0 saturated heterocycles. The van der Waals surface area contributed by atoms with Gasteiger partial charge in [0.15, 0.2) is 6.29 Å². The molecule has 0 N–H and O–H groups in total. The summed E-state index contributed by atoms with van der Waals surface area (Å²) in [6, 6.07) is 0.298. The van der Waals surface area contributed by atoms with Crippen molar-refractivity contribution < 1.29 is 14.2 Å². The highest BCUT2D eigenvalue weighted by Crippen LogP contribution is 2.15. The van der Waals surface area contributed by atoms with E-state index in [4.69, 9.17) is 14.2 Å². The van der Waals surface area contributed by atoms with Gasteiger partial charge in [-0.3, -0.25) is 0 Å². The largest absolute Gasteiger partial charge is 0.375 e. The van der Waals surface area contributed by atoms with Crippen molar-refractivity contribution in [2.45, 2.75) is 38.7 Å². The van der Waals surface area contributed by atoms with E-state index in [1.54, 1.807) is 14.2 Å². The Kier molecular flexibility index (Phi) is 7.96. The third-order valence-electron chi connectivity index (χ3n) is 2.56. The van der Waals surface area contributed by atoms with Crippen molar-refractivity contribution in [3.05, 3.63) is 0 Å². The predicted octanol–water partition coefficient (Wildman–Crippen LogP) is 1.35. The zero-order valence-corrected chi connectivity index (χ0v) is 10.8. The molecule has 92 valence electrons. The van der Waals surface area contributed by atoms with Gasteiger partial charge in [-0.05, 0) is 27.4 Å². The van der Waals surface area contributed by atoms with E-state index in [9.17, 15) is 0 Å². The lowest BCUT2D eigenvalue weighted by atomic mass is 10.1. The Hall–Kier alpha value is -0.160. The molecule has 4 nitrogen and oxygen atoms in total. The minimum atomic E-state index is -0.299. The van der Waals surface area contributed by atoms with Gasteiger partial charge in [-0.1, -0.05) is 6.92 Å². The van der Waals surface area contributed by atoms with Gasteiger partial charge in [0, 0.05) is 26.9 Å². The van der Waals surface area contributed by atoms with E-state index < -0.39 is 0 Å². The highest BCUT2D eigenvalue weighted by atomic mass is 16.7. The molecular weight excluding hydrogens is 194 g/mol. The molecule has 0 fully saturated rings. The molecule has 0 aliphatic heterocycles. The molecule has 0 bridgehead atoms. The molecule has 3 atom stereocenters. The summed E-state index contributed by atoms with van der Waals surface area (Å²) in [5, 5.41) is 0. The molecule has 0 rings (SSSR count). The number of hydrogen-bond acceptors (Lipinski definition) is 4. The van der Waals surface area contributed by atoms with Crippen molar-refractivity contribution >= 4 is 0 Å². The van der Waals surface area contributed by atoms with Crippen LogP contribution >= 0.6 is 0 Å². The highest BCUT2D eigenvalue weighted by molar-refractivity contribution is 4.78. The summed E-state index contributed by atoms with van der Waals surface area (Å²) in [4.78, 5) is 2.14. The average Bonchev–Trinajstić information content (AvgIpc) is 2.22. The Bertz CT molecular complexity index is 153. The Morgan fingerprint density at radius 2 is 1.67 bits per heavy atom. The summed E-state index contributed by atoms with van der Waals surface area (Å²) in [5.74, 6) is 0. The fraction of sp³-hybridized carbons (Fsp3) is 1.00. The maximum Gasteiger partial charge on any atom is 0.184 e. The number of methoxy groups -OCH3 is 2. The van der Waals surface area contributed by atoms with Gasteiger partial charge in [-0.25, -0.2) is 0 Å². The smallest absolute Gasteiger partial charge is 0.184 e. The van der Waals surface area contributed by atoms with Gasteiger partial charge >= 0.3 is 0 Å². The fourth-order valence-electron chi connectivity index (χ4n) is 1.80. The quantitative estimate of drug-likeness (QED) is 0.577. The highest BCUT2D eigenvalue weighted by Gasteiger charge is 2.30. The van der Waals surface area contributed by atoms with Crippen molar-refractivity contribution in [1.82, 2.24) is 4.90 Å². The standard InChI is InChI=1S/C11H25NO3/c1-7-9(12(3)4)10(13-5)11(14-6)15-8-2/h9-11H,7-8H2,1-6H3/t9?,10?,11-/m0/s1. The van der Waals surface area contributed by atoms with Gasteiger partial charge in [0.25, 0.3) is 0 Å². The molecule has 15 heavy (non-hydrogen) atoms. The number of ether oxygens (including phenoxy) is 3. The van der Waals surface area contributed by atoms with Crippen molar-refractivity contribution in [1.29, 1.82) is 0 Å². The van der Waals surface area contributed by atoms with Crippen molar-refractivity contribution in [3.8, 4) is 0 Å². The molecular formula is C11H25NO3. The SMILES string of the molecule is CCO[C@H](OC)C(OC)C(CC)N(C)C. The van der Waals surface area contributed by atoms with Crippen LogP contribution in [0.25, 0.3) is 0 Å². The maximum atomic E-state index is 5.50. The first kappa shape index (κ1) is 14.8. The Labute approximate surface area is 93.5 Å². The summed E-state index contributed by atoms with van der Waals surface area (Å²) in [6.45, 7) is 4.72. The molecule has 0 heterocycles. The third kappa shape index (κ3) is 4.47. The van der Waals surface area contributed by atoms with Gasteiger partial charge in [0.2, 0.25) is 0 Å². The molecule has 0 aromatic heterocycles. The lowest BCUT2D eigenvalue weighted by Crippen LogP contribution is -2.48. The number of nitrogens with zero attached hydrogens (tertiary/aromatic N) is 1. The second kappa shape index (κ2) is 8.05. The summed E-state index contributed by atoms with van der Waals surface area (Å²) >= 11 is 0. The predicted molar refractivity (Wildman–Crippen MR) is 61.0 cm³/mol. The van der Waals surface area contributed by atoms with Gasteiger partial charge < -0.3 is 19.1 Å². The maximum absolute atomic E-state index is 5.50. The molecule has 4 heteroatoms. The van der Waals surface area contributed by atoms with Crippen LogP contribution in [0, 0.1) is 0 Å². The first-order chi connectivity index (χ1) is 7.12. The second-order valence-electron chi connectivity index (χ2n) is 3.70. The third-order valence-corrected chi connectivity index (χ3v) is 2.56. The Balaban J connectivity index is 4.52. The molecule has 0 amide bonds. The summed E-state index contributed by atoms with van der Waals surface area (Å²) in [5.41, 5.74) is 0. The number of rotatable bonds is 8. The molecule has 0 aromatic rings. The summed E-state index contributed by atoms with van der Waals surface area (Å²) in [6.07, 6.45) is 0.639. The molecule has 2 unspecified atom stereocenters. The molecule has 0 spiro atoms. The molecule has 0 saturated carbocycles. The first-order valence-electron chi connectivity index (χ1n) is 5.45. The van der Waals surface area contributed by atoms with Crippen LogP contribution in [0.5, 0.6) is 0 Å². The van der Waals surface area contributed by atoms with E-state index in [-0.39, 0.29) is 12.4 Å². The lowest BCUT2D eigenvalue weighted by molar-refractivity contribution is -0.200. The first-order valence-corrected chi connectivity index (χ1v) is 5.45. The van der Waals surface area contributed by atoms with Crippen LogP contribution in [0.15, 0.2) is 0 Å². The van der Waals surface area contributed by atoms with E-state index >= 15 is 0 Å². The topological polar surface area (TPSA) is 30.9 Å². The number of hydrogen-bond donors (Lipinski definition) is 0. The van der Waals surface area contributed by atoms with E-state index in [2.05, 4.69) is 11.8 Å². The van der Waals surface area contributed by atoms with Crippen LogP contribution in [0.4, 0.5) is 0 Å². The van der Waals surface area contributed by atoms with E-state index in [0.717, 1.165) is 6.42 Å². The van der Waals surface area contributed by atoms with E-state index in [0.29, 0.717) is 12.6 Å². The van der Waals surface area contributed by atoms with Crippen LogP contribution in [-0.2, 0) is 14.2 Å². The normalized spacial score (nSPS) is 17.8. The zero-order chi connectivity index (χ0) is 11.8. The van der Waals surface area contributed by atoms with Crippen LogP contribution < -0.4 is 0 Å². The lowest BCUT2D eigenvalue weighted by Gasteiger charge is -2.34. The minimum Gasteiger partial charge on any atom is -0.375 e. The van der Waals surface area contributed by atoms with Crippen LogP contribution in [-0.4, -0.2) is 58.3 Å². The molecule has 0 radical (unpaired) electrons. The molecule has 0 aliphatic carbocycles. The zero-order valence-electron chi connectivity index (χ0n) is 10.8. The van der Waals surface area contributed by atoms with Crippen molar-refractivity contribution in [3.63, 3.8) is 0 Å². The van der Waals surface area contributed by atoms with E-state index in [1.807, 2.05) is 21.0 Å². The second-order valence-corrected chi connectivity index (χ2v) is 3.70. The van der Waals surface area contributed by atoms with Crippen LogP contribution in [0.2, 0.25) is 0 Å². The minimum absolute atomic E-state index is 0.0602. The van der Waals surface area contributed by atoms with Crippen LogP contribution in [0.1, 0.15) is 20.3 Å². The molecule has 0 aliphatic rings. The van der Waals surface area contributed by atoms with Crippen molar-refractivity contribution in [2.24, 2.45) is 0 Å². The fourth-order valence-corrected chi connectivity index (χ4v) is 1.80. The number of likely N-dealkylation sites (N-methyl/N-ethyl adjacent to an activating group) is 1. The average molecular weight is 219 g/mol. The monoisotopic (exact) mass is 219 g/mol. The van der Waals surface area contributed by atoms with Gasteiger partial charge in [0.05, 0.1) is 0 Å². The van der Waals surface area contributed by atoms with Gasteiger partial charge in [0.1, 0.15) is 6.10 Å². The molecule has 0 aromatic carbocycles. The van der Waals surface area contributed by atoms with Gasteiger partial charge in [-0.15, -0.1) is 0 Å². The Morgan fingerprint density at radius 1 is 1.07 bits per heavy atom. The summed E-state index contributed by atoms with van der Waals surface area (Å²) < 4.78 is 16.3.